The molecule has 0 fully saturated rings. The zero-order chi connectivity index (χ0) is 21.1. The highest BCUT2D eigenvalue weighted by Gasteiger charge is 2.20. The Balaban J connectivity index is 1.77. The van der Waals surface area contributed by atoms with E-state index in [1.54, 1.807) is 48.7 Å². The van der Waals surface area contributed by atoms with Crippen LogP contribution < -0.4 is 0 Å². The number of fused-ring (bicyclic) bond motifs is 1. The standard InChI is InChI=1S/C25H21NO3S/c1-2-19-12-15-22(16-13-19)30(28,29)26-18-21(23-10-6-7-11-24(23)26)14-17-25(27)20-8-4-3-5-9-20/h3-18H,2H2,1H3/b17-14+. The molecule has 0 aliphatic rings. The lowest BCUT2D eigenvalue weighted by atomic mass is 10.1. The van der Waals surface area contributed by atoms with Crippen molar-refractivity contribution in [2.75, 3.05) is 0 Å². The van der Waals surface area contributed by atoms with Crippen molar-refractivity contribution in [2.24, 2.45) is 0 Å². The Hall–Kier alpha value is -3.44. The molecule has 0 atom stereocenters. The van der Waals surface area contributed by atoms with Crippen molar-refractivity contribution in [1.82, 2.24) is 3.97 Å². The molecule has 0 radical (unpaired) electrons. The number of rotatable bonds is 6. The summed E-state index contributed by atoms with van der Waals surface area (Å²) in [6.45, 7) is 2.03. The minimum absolute atomic E-state index is 0.134. The summed E-state index contributed by atoms with van der Waals surface area (Å²) < 4.78 is 27.9. The molecule has 0 unspecified atom stereocenters. The van der Waals surface area contributed by atoms with Crippen molar-refractivity contribution in [2.45, 2.75) is 18.2 Å². The fourth-order valence-corrected chi connectivity index (χ4v) is 4.76. The molecule has 0 saturated carbocycles. The summed E-state index contributed by atoms with van der Waals surface area (Å²) in [6.07, 6.45) is 5.56. The second-order valence-corrected chi connectivity index (χ2v) is 8.78. The van der Waals surface area contributed by atoms with Crippen molar-refractivity contribution in [1.29, 1.82) is 0 Å². The van der Waals surface area contributed by atoms with E-state index < -0.39 is 10.0 Å². The topological polar surface area (TPSA) is 56.1 Å². The number of aromatic nitrogens is 1. The van der Waals surface area contributed by atoms with E-state index in [1.807, 2.05) is 49.4 Å². The highest BCUT2D eigenvalue weighted by molar-refractivity contribution is 7.90. The van der Waals surface area contributed by atoms with E-state index in [2.05, 4.69) is 0 Å². The zero-order valence-electron chi connectivity index (χ0n) is 16.5. The first kappa shape index (κ1) is 19.9. The van der Waals surface area contributed by atoms with Gasteiger partial charge in [-0.2, -0.15) is 0 Å². The predicted molar refractivity (Wildman–Crippen MR) is 120 cm³/mol. The summed E-state index contributed by atoms with van der Waals surface area (Å²) in [5.74, 6) is -0.134. The van der Waals surface area contributed by atoms with Gasteiger partial charge in [-0.05, 0) is 42.3 Å². The van der Waals surface area contributed by atoms with Gasteiger partial charge in [-0.3, -0.25) is 4.79 Å². The Bertz CT molecular complexity index is 1330. The zero-order valence-corrected chi connectivity index (χ0v) is 17.3. The summed E-state index contributed by atoms with van der Waals surface area (Å²) >= 11 is 0. The maximum absolute atomic E-state index is 13.3. The van der Waals surface area contributed by atoms with Gasteiger partial charge >= 0.3 is 0 Å². The lowest BCUT2D eigenvalue weighted by Gasteiger charge is -2.08. The molecule has 0 spiro atoms. The van der Waals surface area contributed by atoms with E-state index >= 15 is 0 Å². The smallest absolute Gasteiger partial charge is 0.268 e. The minimum atomic E-state index is -3.76. The second-order valence-electron chi connectivity index (χ2n) is 6.96. The van der Waals surface area contributed by atoms with Crippen molar-refractivity contribution < 1.29 is 13.2 Å². The van der Waals surface area contributed by atoms with Crippen molar-refractivity contribution in [3.05, 3.63) is 108 Å². The van der Waals surface area contributed by atoms with Crippen LogP contribution in [0, 0.1) is 0 Å². The molecule has 4 aromatic rings. The average molecular weight is 416 g/mol. The quantitative estimate of drug-likeness (QED) is 0.316. The third kappa shape index (κ3) is 3.72. The Labute approximate surface area is 176 Å². The summed E-state index contributed by atoms with van der Waals surface area (Å²) in [5, 5.41) is 0.767. The van der Waals surface area contributed by atoms with E-state index in [4.69, 9.17) is 0 Å². The maximum atomic E-state index is 13.3. The lowest BCUT2D eigenvalue weighted by Crippen LogP contribution is -2.11. The Morgan fingerprint density at radius 1 is 0.900 bits per heavy atom. The van der Waals surface area contributed by atoms with Crippen molar-refractivity contribution in [3.8, 4) is 0 Å². The van der Waals surface area contributed by atoms with E-state index in [9.17, 15) is 13.2 Å². The predicted octanol–water partition coefficient (Wildman–Crippen LogP) is 5.34. The molecule has 3 aromatic carbocycles. The first-order chi connectivity index (χ1) is 14.5. The number of carbonyl (C=O) groups is 1. The lowest BCUT2D eigenvalue weighted by molar-refractivity contribution is 0.104. The second kappa shape index (κ2) is 8.13. The number of carbonyl (C=O) groups excluding carboxylic acids is 1. The van der Waals surface area contributed by atoms with Gasteiger partial charge in [0.2, 0.25) is 0 Å². The molecule has 30 heavy (non-hydrogen) atoms. The molecule has 0 aliphatic carbocycles. The van der Waals surface area contributed by atoms with E-state index in [0.717, 1.165) is 17.4 Å². The molecule has 150 valence electrons. The van der Waals surface area contributed by atoms with E-state index in [1.165, 1.54) is 10.0 Å². The van der Waals surface area contributed by atoms with Crippen molar-refractivity contribution in [3.63, 3.8) is 0 Å². The molecule has 4 nitrogen and oxygen atoms in total. The number of aryl methyl sites for hydroxylation is 1. The first-order valence-corrected chi connectivity index (χ1v) is 11.2. The molecular weight excluding hydrogens is 394 g/mol. The van der Waals surface area contributed by atoms with Crippen LogP contribution in [0.25, 0.3) is 17.0 Å². The Morgan fingerprint density at radius 3 is 2.27 bits per heavy atom. The Kier molecular flexibility index (Phi) is 5.38. The molecule has 0 amide bonds. The molecule has 0 N–H and O–H groups in total. The number of nitrogens with zero attached hydrogens (tertiary/aromatic N) is 1. The van der Waals surface area contributed by atoms with Gasteiger partial charge in [0.25, 0.3) is 10.0 Å². The number of allylic oxidation sites excluding steroid dienone is 1. The van der Waals surface area contributed by atoms with E-state index in [0.29, 0.717) is 16.6 Å². The van der Waals surface area contributed by atoms with Gasteiger partial charge in [-0.1, -0.05) is 67.6 Å². The largest absolute Gasteiger partial charge is 0.289 e. The van der Waals surface area contributed by atoms with Gasteiger partial charge in [0, 0.05) is 22.7 Å². The fraction of sp³-hybridized carbons (Fsp3) is 0.0800. The molecule has 1 aromatic heterocycles. The molecule has 0 saturated heterocycles. The number of benzene rings is 3. The summed E-state index contributed by atoms with van der Waals surface area (Å²) in [6, 6.07) is 23.2. The highest BCUT2D eigenvalue weighted by Crippen LogP contribution is 2.27. The van der Waals surface area contributed by atoms with Crippen LogP contribution >= 0.6 is 0 Å². The third-order valence-electron chi connectivity index (χ3n) is 5.07. The minimum Gasteiger partial charge on any atom is -0.289 e. The molecule has 0 aliphatic heterocycles. The highest BCUT2D eigenvalue weighted by atomic mass is 32.2. The SMILES string of the molecule is CCc1ccc(S(=O)(=O)n2cc(/C=C/C(=O)c3ccccc3)c3ccccc32)cc1. The average Bonchev–Trinajstić information content (AvgIpc) is 3.17. The van der Waals surface area contributed by atoms with Crippen LogP contribution in [0.3, 0.4) is 0 Å². The summed E-state index contributed by atoms with van der Waals surface area (Å²) in [5.41, 5.74) is 2.91. The molecule has 0 bridgehead atoms. The van der Waals surface area contributed by atoms with Crippen LogP contribution in [-0.4, -0.2) is 18.2 Å². The van der Waals surface area contributed by atoms with Gasteiger partial charge in [-0.15, -0.1) is 0 Å². The van der Waals surface area contributed by atoms with Gasteiger partial charge in [0.05, 0.1) is 10.4 Å². The van der Waals surface area contributed by atoms with Crippen LogP contribution in [0.2, 0.25) is 0 Å². The summed E-state index contributed by atoms with van der Waals surface area (Å²) in [4.78, 5) is 12.7. The maximum Gasteiger partial charge on any atom is 0.268 e. The Morgan fingerprint density at radius 2 is 1.57 bits per heavy atom. The fourth-order valence-electron chi connectivity index (χ4n) is 3.38. The molecular formula is C25H21NO3S. The monoisotopic (exact) mass is 415 g/mol. The molecule has 1 heterocycles. The normalized spacial score (nSPS) is 11.9. The van der Waals surface area contributed by atoms with Gasteiger partial charge in [0.1, 0.15) is 0 Å². The summed E-state index contributed by atoms with van der Waals surface area (Å²) in [7, 11) is -3.76. The van der Waals surface area contributed by atoms with Crippen LogP contribution in [-0.2, 0) is 16.4 Å². The van der Waals surface area contributed by atoms with Crippen LogP contribution in [0.1, 0.15) is 28.4 Å². The number of ketones is 1. The number of hydrogen-bond acceptors (Lipinski definition) is 3. The first-order valence-electron chi connectivity index (χ1n) is 9.73. The van der Waals surface area contributed by atoms with Crippen LogP contribution in [0.5, 0.6) is 0 Å². The van der Waals surface area contributed by atoms with Gasteiger partial charge < -0.3 is 0 Å². The molecule has 4 rings (SSSR count). The van der Waals surface area contributed by atoms with Gasteiger partial charge in [-0.25, -0.2) is 12.4 Å². The number of hydrogen-bond donors (Lipinski definition) is 0. The van der Waals surface area contributed by atoms with Crippen LogP contribution in [0.15, 0.2) is 96.0 Å². The third-order valence-corrected chi connectivity index (χ3v) is 6.76. The van der Waals surface area contributed by atoms with Gasteiger partial charge in [0.15, 0.2) is 5.78 Å². The van der Waals surface area contributed by atoms with Crippen LogP contribution in [0.4, 0.5) is 0 Å². The molecule has 5 heteroatoms. The van der Waals surface area contributed by atoms with E-state index in [-0.39, 0.29) is 10.7 Å². The number of para-hydroxylation sites is 1. The van der Waals surface area contributed by atoms with Crippen molar-refractivity contribution >= 4 is 32.8 Å².